The second-order valence-corrected chi connectivity index (χ2v) is 6.42. The Kier molecular flexibility index (Phi) is 5.47. The summed E-state index contributed by atoms with van der Waals surface area (Å²) >= 11 is 0. The molecule has 9 heteroatoms. The molecule has 0 aliphatic carbocycles. The maximum absolute atomic E-state index is 11.3. The van der Waals surface area contributed by atoms with E-state index in [0.717, 1.165) is 14.2 Å². The van der Waals surface area contributed by atoms with Crippen LogP contribution in [0, 0.1) is 0 Å². The van der Waals surface area contributed by atoms with E-state index in [2.05, 4.69) is 9.05 Å². The Morgan fingerprint density at radius 1 is 1.14 bits per heavy atom. The first-order chi connectivity index (χ1) is 6.31. The highest BCUT2D eigenvalue weighted by molar-refractivity contribution is 7.66. The van der Waals surface area contributed by atoms with Crippen LogP contribution in [0.3, 0.4) is 0 Å². The van der Waals surface area contributed by atoms with Crippen molar-refractivity contribution in [2.75, 3.05) is 20.8 Å². The zero-order chi connectivity index (χ0) is 11.4. The molecule has 0 rings (SSSR count). The molecule has 0 aliphatic heterocycles. The fourth-order valence-electron chi connectivity index (χ4n) is 0.784. The maximum atomic E-state index is 11.3. The van der Waals surface area contributed by atoms with Crippen LogP contribution < -0.4 is 0 Å². The standard InChI is InChI=1S/C5H15NO6P2/c1-4-5-6(13(7,8)11-2)14(9,10)12-3/h4-5H2,1-3H3,(H,7,8)(H,9,10). The van der Waals surface area contributed by atoms with Crippen molar-refractivity contribution < 1.29 is 28.0 Å². The van der Waals surface area contributed by atoms with Crippen molar-refractivity contribution in [3.8, 4) is 0 Å². The highest BCUT2D eigenvalue weighted by atomic mass is 31.3. The largest absolute Gasteiger partial charge is 0.414 e. The van der Waals surface area contributed by atoms with Crippen molar-refractivity contribution in [3.05, 3.63) is 0 Å². The summed E-state index contributed by atoms with van der Waals surface area (Å²) in [6.45, 7) is 1.63. The van der Waals surface area contributed by atoms with Gasteiger partial charge in [0.25, 0.3) is 0 Å². The molecule has 0 bridgehead atoms. The molecule has 0 spiro atoms. The van der Waals surface area contributed by atoms with Crippen LogP contribution in [0.25, 0.3) is 0 Å². The molecule has 2 unspecified atom stereocenters. The molecule has 0 fully saturated rings. The average molecular weight is 247 g/mol. The molecule has 0 aromatic heterocycles. The first kappa shape index (κ1) is 14.3. The molecule has 14 heavy (non-hydrogen) atoms. The lowest BCUT2D eigenvalue weighted by molar-refractivity contribution is 0.227. The van der Waals surface area contributed by atoms with Crippen molar-refractivity contribution in [3.63, 3.8) is 0 Å². The first-order valence-corrected chi connectivity index (χ1v) is 6.93. The third-order valence-electron chi connectivity index (χ3n) is 1.48. The second kappa shape index (κ2) is 5.37. The van der Waals surface area contributed by atoms with Crippen LogP contribution in [0.5, 0.6) is 0 Å². The minimum Gasteiger partial charge on any atom is -0.312 e. The Bertz CT molecular complexity index is 245. The first-order valence-electron chi connectivity index (χ1n) is 3.87. The van der Waals surface area contributed by atoms with Gasteiger partial charge >= 0.3 is 15.5 Å². The Balaban J connectivity index is 4.96. The van der Waals surface area contributed by atoms with E-state index in [4.69, 9.17) is 0 Å². The van der Waals surface area contributed by atoms with E-state index in [1.807, 2.05) is 0 Å². The molecular formula is C5H15NO6P2. The van der Waals surface area contributed by atoms with Gasteiger partial charge in [-0.2, -0.15) is 0 Å². The average Bonchev–Trinajstić information content (AvgIpc) is 2.13. The maximum Gasteiger partial charge on any atom is 0.414 e. The summed E-state index contributed by atoms with van der Waals surface area (Å²) in [5.74, 6) is 0. The van der Waals surface area contributed by atoms with Gasteiger partial charge < -0.3 is 9.79 Å². The molecule has 0 aliphatic rings. The Labute approximate surface area is 82.8 Å². The molecule has 0 aromatic rings. The summed E-state index contributed by atoms with van der Waals surface area (Å²) in [4.78, 5) is 18.5. The quantitative estimate of drug-likeness (QED) is 0.680. The number of hydrogen-bond acceptors (Lipinski definition) is 4. The van der Waals surface area contributed by atoms with Gasteiger partial charge in [0.05, 0.1) is 0 Å². The summed E-state index contributed by atoms with van der Waals surface area (Å²) in [7, 11) is -6.52. The van der Waals surface area contributed by atoms with Crippen molar-refractivity contribution >= 4 is 15.5 Å². The Morgan fingerprint density at radius 3 is 1.71 bits per heavy atom. The third kappa shape index (κ3) is 3.44. The summed E-state index contributed by atoms with van der Waals surface area (Å²) < 4.78 is 31.6. The van der Waals surface area contributed by atoms with Gasteiger partial charge in [-0.25, -0.2) is 9.13 Å². The minimum absolute atomic E-state index is 0.0662. The van der Waals surface area contributed by atoms with Crippen LogP contribution in [-0.4, -0.2) is 35.0 Å². The lowest BCUT2D eigenvalue weighted by atomic mass is 10.5. The van der Waals surface area contributed by atoms with Gasteiger partial charge in [0, 0.05) is 20.8 Å². The molecule has 7 nitrogen and oxygen atoms in total. The topological polar surface area (TPSA) is 96.3 Å². The van der Waals surface area contributed by atoms with Crippen molar-refractivity contribution in [1.29, 1.82) is 0 Å². The molecule has 0 aromatic carbocycles. The third-order valence-corrected chi connectivity index (χ3v) is 5.36. The van der Waals surface area contributed by atoms with Gasteiger partial charge in [-0.3, -0.25) is 9.05 Å². The van der Waals surface area contributed by atoms with Crippen LogP contribution in [0.15, 0.2) is 0 Å². The van der Waals surface area contributed by atoms with E-state index in [1.54, 1.807) is 6.92 Å². The highest BCUT2D eigenvalue weighted by Crippen LogP contribution is 2.62. The predicted octanol–water partition coefficient (Wildman–Crippen LogP) is 1.19. The SMILES string of the molecule is CCCN(P(=O)(O)OC)P(=O)(O)OC. The molecule has 0 saturated heterocycles. The lowest BCUT2D eigenvalue weighted by Gasteiger charge is -2.26. The predicted molar refractivity (Wildman–Crippen MR) is 50.7 cm³/mol. The van der Waals surface area contributed by atoms with Gasteiger partial charge in [0.2, 0.25) is 0 Å². The molecule has 0 amide bonds. The summed E-state index contributed by atoms with van der Waals surface area (Å²) in [5, 5.41) is 0. The van der Waals surface area contributed by atoms with Gasteiger partial charge in [-0.1, -0.05) is 6.92 Å². The van der Waals surface area contributed by atoms with Gasteiger partial charge in [0.15, 0.2) is 0 Å². The van der Waals surface area contributed by atoms with Crippen LogP contribution >= 0.6 is 15.5 Å². The fraction of sp³-hybridized carbons (Fsp3) is 1.00. The van der Waals surface area contributed by atoms with E-state index >= 15 is 0 Å². The number of rotatable bonds is 6. The van der Waals surface area contributed by atoms with Crippen LogP contribution in [0.1, 0.15) is 13.3 Å². The second-order valence-electron chi connectivity index (χ2n) is 2.44. The molecule has 2 N–H and O–H groups in total. The summed E-state index contributed by atoms with van der Waals surface area (Å²) in [5.41, 5.74) is 0. The highest BCUT2D eigenvalue weighted by Gasteiger charge is 2.42. The fourth-order valence-corrected chi connectivity index (χ4v) is 3.65. The van der Waals surface area contributed by atoms with E-state index in [1.165, 1.54) is 0 Å². The normalized spacial score (nSPS) is 20.4. The van der Waals surface area contributed by atoms with Crippen molar-refractivity contribution in [2.45, 2.75) is 13.3 Å². The van der Waals surface area contributed by atoms with Crippen molar-refractivity contribution in [1.82, 2.24) is 4.44 Å². The van der Waals surface area contributed by atoms with Gasteiger partial charge in [-0.15, -0.1) is 4.44 Å². The summed E-state index contributed by atoms with van der Waals surface area (Å²) in [6.07, 6.45) is 0.418. The zero-order valence-corrected chi connectivity index (χ0v) is 10.1. The zero-order valence-electron chi connectivity index (χ0n) is 8.28. The smallest absolute Gasteiger partial charge is 0.312 e. The van der Waals surface area contributed by atoms with Crippen LogP contribution in [0.2, 0.25) is 0 Å². The molecule has 0 saturated carbocycles. The molecular weight excluding hydrogens is 232 g/mol. The number of hydrogen-bond donors (Lipinski definition) is 2. The molecule has 0 radical (unpaired) electrons. The molecule has 2 atom stereocenters. The molecule has 0 heterocycles. The molecule has 86 valence electrons. The van der Waals surface area contributed by atoms with E-state index in [-0.39, 0.29) is 6.54 Å². The lowest BCUT2D eigenvalue weighted by Crippen LogP contribution is -2.19. The van der Waals surface area contributed by atoms with E-state index < -0.39 is 15.5 Å². The van der Waals surface area contributed by atoms with Crippen LogP contribution in [-0.2, 0) is 18.2 Å². The Hall–Kier alpha value is 0.260. The van der Waals surface area contributed by atoms with E-state index in [9.17, 15) is 18.9 Å². The van der Waals surface area contributed by atoms with E-state index in [0.29, 0.717) is 10.9 Å². The van der Waals surface area contributed by atoms with Crippen molar-refractivity contribution in [2.24, 2.45) is 0 Å². The monoisotopic (exact) mass is 247 g/mol. The Morgan fingerprint density at radius 2 is 1.50 bits per heavy atom. The summed E-state index contributed by atoms with van der Waals surface area (Å²) in [6, 6.07) is 0. The van der Waals surface area contributed by atoms with Gasteiger partial charge in [0.1, 0.15) is 0 Å². The number of nitrogens with zero attached hydrogens (tertiary/aromatic N) is 1. The minimum atomic E-state index is -4.24. The van der Waals surface area contributed by atoms with Gasteiger partial charge in [-0.05, 0) is 6.42 Å². The van der Waals surface area contributed by atoms with Crippen LogP contribution in [0.4, 0.5) is 0 Å².